The van der Waals surface area contributed by atoms with Crippen molar-refractivity contribution in [3.63, 3.8) is 0 Å². The maximum Gasteiger partial charge on any atom is 0.0519 e. The van der Waals surface area contributed by atoms with Crippen molar-refractivity contribution in [3.8, 4) is 0 Å². The van der Waals surface area contributed by atoms with Crippen molar-refractivity contribution in [2.45, 2.75) is 26.3 Å². The monoisotopic (exact) mass is 153 g/mol. The Kier molecular flexibility index (Phi) is 2.65. The van der Waals surface area contributed by atoms with Crippen LogP contribution < -0.4 is 5.73 Å². The van der Waals surface area contributed by atoms with Crippen molar-refractivity contribution in [3.05, 3.63) is 18.0 Å². The van der Waals surface area contributed by atoms with Crippen LogP contribution in [0.15, 0.2) is 12.4 Å². The Labute approximate surface area is 67.2 Å². The summed E-state index contributed by atoms with van der Waals surface area (Å²) in [6.45, 7) is 4.89. The lowest BCUT2D eigenvalue weighted by Crippen LogP contribution is -2.11. The van der Waals surface area contributed by atoms with E-state index >= 15 is 0 Å². The predicted octanol–water partition coefficient (Wildman–Crippen LogP) is 1.10. The number of aryl methyl sites for hydroxylation is 1. The van der Waals surface area contributed by atoms with Crippen LogP contribution in [-0.2, 0) is 0 Å². The Morgan fingerprint density at radius 2 is 2.45 bits per heavy atom. The first-order chi connectivity index (χ1) is 5.24. The Bertz CT molecular complexity index is 217. The number of rotatable bonds is 3. The number of nitrogens with zero attached hydrogens (tertiary/aromatic N) is 2. The molecular weight excluding hydrogens is 138 g/mol. The molecule has 1 rings (SSSR count). The third kappa shape index (κ3) is 2.05. The third-order valence-electron chi connectivity index (χ3n) is 1.77. The molecule has 0 fully saturated rings. The molecule has 2 N–H and O–H groups in total. The second-order valence-corrected chi connectivity index (χ2v) is 2.92. The van der Waals surface area contributed by atoms with Crippen LogP contribution in [0.4, 0.5) is 0 Å². The van der Waals surface area contributed by atoms with E-state index < -0.39 is 0 Å². The van der Waals surface area contributed by atoms with E-state index in [-0.39, 0.29) is 0 Å². The lowest BCUT2D eigenvalue weighted by molar-refractivity contribution is 0.465. The molecule has 62 valence electrons. The largest absolute Gasteiger partial charge is 0.330 e. The predicted molar refractivity (Wildman–Crippen MR) is 45.3 cm³/mol. The van der Waals surface area contributed by atoms with Gasteiger partial charge in [-0.05, 0) is 32.4 Å². The summed E-state index contributed by atoms with van der Waals surface area (Å²) in [5, 5.41) is 4.20. The minimum absolute atomic E-state index is 0.425. The van der Waals surface area contributed by atoms with Gasteiger partial charge in [-0.1, -0.05) is 0 Å². The van der Waals surface area contributed by atoms with Crippen molar-refractivity contribution in [2.75, 3.05) is 6.54 Å². The van der Waals surface area contributed by atoms with E-state index in [0.29, 0.717) is 6.04 Å². The minimum atomic E-state index is 0.425. The lowest BCUT2D eigenvalue weighted by atomic mass is 10.2. The van der Waals surface area contributed by atoms with Crippen LogP contribution in [0.1, 0.15) is 24.9 Å². The molecule has 1 aromatic rings. The van der Waals surface area contributed by atoms with Gasteiger partial charge in [-0.3, -0.25) is 4.68 Å². The Morgan fingerprint density at radius 1 is 1.73 bits per heavy atom. The molecule has 0 saturated carbocycles. The van der Waals surface area contributed by atoms with E-state index in [0.717, 1.165) is 13.0 Å². The van der Waals surface area contributed by atoms with E-state index in [1.165, 1.54) is 5.56 Å². The highest BCUT2D eigenvalue weighted by Crippen LogP contribution is 2.08. The molecule has 0 aliphatic carbocycles. The second kappa shape index (κ2) is 3.53. The first-order valence-electron chi connectivity index (χ1n) is 3.95. The van der Waals surface area contributed by atoms with Gasteiger partial charge in [0.15, 0.2) is 0 Å². The van der Waals surface area contributed by atoms with Crippen LogP contribution >= 0.6 is 0 Å². The number of nitrogens with two attached hydrogens (primary N) is 1. The Morgan fingerprint density at radius 3 is 2.91 bits per heavy atom. The summed E-state index contributed by atoms with van der Waals surface area (Å²) in [4.78, 5) is 0. The zero-order chi connectivity index (χ0) is 8.27. The molecule has 3 heteroatoms. The van der Waals surface area contributed by atoms with Crippen LogP contribution in [-0.4, -0.2) is 16.3 Å². The van der Waals surface area contributed by atoms with Crippen LogP contribution in [0, 0.1) is 6.92 Å². The molecule has 0 bridgehead atoms. The number of hydrogen-bond acceptors (Lipinski definition) is 2. The summed E-state index contributed by atoms with van der Waals surface area (Å²) in [6.07, 6.45) is 4.90. The number of aromatic nitrogens is 2. The summed E-state index contributed by atoms with van der Waals surface area (Å²) in [6, 6.07) is 0.425. The zero-order valence-electron chi connectivity index (χ0n) is 7.12. The standard InChI is InChI=1S/C8H15N3/c1-7-5-10-11(6-7)8(2)3-4-9/h5-6,8H,3-4,9H2,1-2H3. The summed E-state index contributed by atoms with van der Waals surface area (Å²) in [7, 11) is 0. The first-order valence-corrected chi connectivity index (χ1v) is 3.95. The average Bonchev–Trinajstić information content (AvgIpc) is 2.36. The van der Waals surface area contributed by atoms with Gasteiger partial charge in [0.05, 0.1) is 12.2 Å². The highest BCUT2D eigenvalue weighted by atomic mass is 15.3. The Balaban J connectivity index is 2.60. The minimum Gasteiger partial charge on any atom is -0.330 e. The van der Waals surface area contributed by atoms with Crippen molar-refractivity contribution in [2.24, 2.45) is 5.73 Å². The van der Waals surface area contributed by atoms with Crippen LogP contribution in [0.5, 0.6) is 0 Å². The van der Waals surface area contributed by atoms with Gasteiger partial charge in [0.2, 0.25) is 0 Å². The molecule has 0 spiro atoms. The van der Waals surface area contributed by atoms with Gasteiger partial charge in [-0.15, -0.1) is 0 Å². The third-order valence-corrected chi connectivity index (χ3v) is 1.77. The summed E-state index contributed by atoms with van der Waals surface area (Å²) < 4.78 is 1.96. The van der Waals surface area contributed by atoms with E-state index in [9.17, 15) is 0 Å². The highest BCUT2D eigenvalue weighted by molar-refractivity contribution is 5.00. The van der Waals surface area contributed by atoms with Crippen LogP contribution in [0.3, 0.4) is 0 Å². The molecule has 0 saturated heterocycles. The lowest BCUT2D eigenvalue weighted by Gasteiger charge is -2.09. The molecule has 1 heterocycles. The maximum absolute atomic E-state index is 5.43. The van der Waals surface area contributed by atoms with Gasteiger partial charge in [-0.25, -0.2) is 0 Å². The van der Waals surface area contributed by atoms with Gasteiger partial charge >= 0.3 is 0 Å². The zero-order valence-corrected chi connectivity index (χ0v) is 7.12. The average molecular weight is 153 g/mol. The summed E-state index contributed by atoms with van der Waals surface area (Å²) in [5.41, 5.74) is 6.64. The Hall–Kier alpha value is -0.830. The van der Waals surface area contributed by atoms with E-state index in [2.05, 4.69) is 12.0 Å². The van der Waals surface area contributed by atoms with Gasteiger partial charge in [0.25, 0.3) is 0 Å². The van der Waals surface area contributed by atoms with Crippen LogP contribution in [0.25, 0.3) is 0 Å². The van der Waals surface area contributed by atoms with Crippen molar-refractivity contribution in [1.29, 1.82) is 0 Å². The summed E-state index contributed by atoms with van der Waals surface area (Å²) in [5.74, 6) is 0. The number of hydrogen-bond donors (Lipinski definition) is 1. The molecule has 3 nitrogen and oxygen atoms in total. The van der Waals surface area contributed by atoms with Gasteiger partial charge in [0, 0.05) is 6.20 Å². The molecule has 0 aliphatic rings. The molecule has 0 aliphatic heterocycles. The fourth-order valence-corrected chi connectivity index (χ4v) is 1.05. The molecule has 0 aromatic carbocycles. The molecule has 11 heavy (non-hydrogen) atoms. The second-order valence-electron chi connectivity index (χ2n) is 2.92. The molecule has 1 aromatic heterocycles. The van der Waals surface area contributed by atoms with Gasteiger partial charge < -0.3 is 5.73 Å². The van der Waals surface area contributed by atoms with E-state index in [1.807, 2.05) is 24.0 Å². The fraction of sp³-hybridized carbons (Fsp3) is 0.625. The van der Waals surface area contributed by atoms with E-state index in [1.54, 1.807) is 0 Å². The van der Waals surface area contributed by atoms with E-state index in [4.69, 9.17) is 5.73 Å². The quantitative estimate of drug-likeness (QED) is 0.706. The van der Waals surface area contributed by atoms with Gasteiger partial charge in [-0.2, -0.15) is 5.10 Å². The van der Waals surface area contributed by atoms with Gasteiger partial charge in [0.1, 0.15) is 0 Å². The van der Waals surface area contributed by atoms with Crippen LogP contribution in [0.2, 0.25) is 0 Å². The van der Waals surface area contributed by atoms with Crippen molar-refractivity contribution < 1.29 is 0 Å². The molecule has 0 radical (unpaired) electrons. The van der Waals surface area contributed by atoms with Crippen molar-refractivity contribution >= 4 is 0 Å². The first kappa shape index (κ1) is 8.27. The molecular formula is C8H15N3. The SMILES string of the molecule is Cc1cnn(C(C)CCN)c1. The maximum atomic E-state index is 5.43. The van der Waals surface area contributed by atoms with Crippen molar-refractivity contribution in [1.82, 2.24) is 9.78 Å². The summed E-state index contributed by atoms with van der Waals surface area (Å²) >= 11 is 0. The highest BCUT2D eigenvalue weighted by Gasteiger charge is 2.02. The molecule has 1 unspecified atom stereocenters. The smallest absolute Gasteiger partial charge is 0.0519 e. The molecule has 0 amide bonds. The topological polar surface area (TPSA) is 43.8 Å². The normalized spacial score (nSPS) is 13.4. The molecule has 1 atom stereocenters. The fourth-order valence-electron chi connectivity index (χ4n) is 1.05.